The zero-order valence-electron chi connectivity index (χ0n) is 9.45. The largest absolute Gasteiger partial charge is 0.310 e. The number of nitrogens with zero attached hydrogens (tertiary/aromatic N) is 1. The van der Waals surface area contributed by atoms with Crippen LogP contribution in [-0.2, 0) is 6.54 Å². The Labute approximate surface area is 92.4 Å². The van der Waals surface area contributed by atoms with Crippen molar-refractivity contribution in [2.45, 2.75) is 38.8 Å². The second-order valence-corrected chi connectivity index (χ2v) is 3.86. The van der Waals surface area contributed by atoms with Crippen molar-refractivity contribution in [3.63, 3.8) is 0 Å². The van der Waals surface area contributed by atoms with E-state index in [-0.39, 0.29) is 0 Å². The SMILES string of the molecule is C=CCCCC(C)NCc1cccnc1. The third-order valence-corrected chi connectivity index (χ3v) is 2.42. The fourth-order valence-electron chi connectivity index (χ4n) is 1.47. The summed E-state index contributed by atoms with van der Waals surface area (Å²) in [5.41, 5.74) is 1.24. The Balaban J connectivity index is 2.16. The van der Waals surface area contributed by atoms with Crippen molar-refractivity contribution in [1.82, 2.24) is 10.3 Å². The molecule has 2 heteroatoms. The molecule has 1 rings (SSSR count). The summed E-state index contributed by atoms with van der Waals surface area (Å²) < 4.78 is 0. The summed E-state index contributed by atoms with van der Waals surface area (Å²) in [6.45, 7) is 6.85. The lowest BCUT2D eigenvalue weighted by Crippen LogP contribution is -2.25. The van der Waals surface area contributed by atoms with Crippen molar-refractivity contribution in [3.8, 4) is 0 Å². The van der Waals surface area contributed by atoms with E-state index in [1.54, 1.807) is 6.20 Å². The Morgan fingerprint density at radius 2 is 2.47 bits per heavy atom. The lowest BCUT2D eigenvalue weighted by atomic mass is 10.1. The Bertz CT molecular complexity index is 269. The van der Waals surface area contributed by atoms with Gasteiger partial charge in [0.2, 0.25) is 0 Å². The van der Waals surface area contributed by atoms with Gasteiger partial charge in [-0.25, -0.2) is 0 Å². The van der Waals surface area contributed by atoms with E-state index in [0.717, 1.165) is 13.0 Å². The lowest BCUT2D eigenvalue weighted by Gasteiger charge is -2.12. The molecule has 0 fully saturated rings. The fourth-order valence-corrected chi connectivity index (χ4v) is 1.47. The number of hydrogen-bond donors (Lipinski definition) is 1. The third kappa shape index (κ3) is 5.33. The number of rotatable bonds is 7. The smallest absolute Gasteiger partial charge is 0.0312 e. The highest BCUT2D eigenvalue weighted by atomic mass is 14.9. The van der Waals surface area contributed by atoms with E-state index in [0.29, 0.717) is 6.04 Å². The van der Waals surface area contributed by atoms with Crippen LogP contribution in [-0.4, -0.2) is 11.0 Å². The molecule has 0 spiro atoms. The molecule has 0 bridgehead atoms. The van der Waals surface area contributed by atoms with Gasteiger partial charge in [0.25, 0.3) is 0 Å². The first kappa shape index (κ1) is 11.9. The average Bonchev–Trinajstić information content (AvgIpc) is 2.28. The summed E-state index contributed by atoms with van der Waals surface area (Å²) in [5, 5.41) is 3.48. The molecule has 0 aliphatic carbocycles. The summed E-state index contributed by atoms with van der Waals surface area (Å²) in [4.78, 5) is 4.08. The van der Waals surface area contributed by atoms with Gasteiger partial charge in [0.05, 0.1) is 0 Å². The summed E-state index contributed by atoms with van der Waals surface area (Å²) >= 11 is 0. The standard InChI is InChI=1S/C13H20N2/c1-3-4-5-7-12(2)15-11-13-8-6-9-14-10-13/h3,6,8-10,12,15H,1,4-5,7,11H2,2H3. The number of allylic oxidation sites excluding steroid dienone is 1. The van der Waals surface area contributed by atoms with Crippen molar-refractivity contribution >= 4 is 0 Å². The highest BCUT2D eigenvalue weighted by Gasteiger charge is 2.00. The minimum Gasteiger partial charge on any atom is -0.310 e. The second kappa shape index (κ2) is 7.18. The molecular weight excluding hydrogens is 184 g/mol. The predicted octanol–water partition coefficient (Wildman–Crippen LogP) is 2.92. The van der Waals surface area contributed by atoms with Crippen LogP contribution in [0.15, 0.2) is 37.2 Å². The number of nitrogens with one attached hydrogen (secondary N) is 1. The van der Waals surface area contributed by atoms with Gasteiger partial charge in [-0.2, -0.15) is 0 Å². The van der Waals surface area contributed by atoms with Crippen molar-refractivity contribution in [3.05, 3.63) is 42.7 Å². The van der Waals surface area contributed by atoms with E-state index in [2.05, 4.69) is 29.9 Å². The number of unbranched alkanes of at least 4 members (excludes halogenated alkanes) is 1. The maximum Gasteiger partial charge on any atom is 0.0312 e. The van der Waals surface area contributed by atoms with Crippen LogP contribution in [0.2, 0.25) is 0 Å². The normalized spacial score (nSPS) is 12.3. The molecule has 0 aliphatic heterocycles. The van der Waals surface area contributed by atoms with E-state index in [1.807, 2.05) is 18.3 Å². The molecule has 1 aromatic rings. The summed E-state index contributed by atoms with van der Waals surface area (Å²) in [5.74, 6) is 0. The molecule has 0 aromatic carbocycles. The Hall–Kier alpha value is -1.15. The fraction of sp³-hybridized carbons (Fsp3) is 0.462. The molecule has 2 nitrogen and oxygen atoms in total. The molecule has 82 valence electrons. The van der Waals surface area contributed by atoms with Crippen LogP contribution in [0.4, 0.5) is 0 Å². The summed E-state index contributed by atoms with van der Waals surface area (Å²) in [6.07, 6.45) is 9.21. The van der Waals surface area contributed by atoms with Gasteiger partial charge in [0.1, 0.15) is 0 Å². The van der Waals surface area contributed by atoms with E-state index >= 15 is 0 Å². The molecule has 0 saturated heterocycles. The van der Waals surface area contributed by atoms with Crippen molar-refractivity contribution in [2.24, 2.45) is 0 Å². The van der Waals surface area contributed by atoms with Crippen LogP contribution >= 0.6 is 0 Å². The minimum atomic E-state index is 0.560. The number of hydrogen-bond acceptors (Lipinski definition) is 2. The van der Waals surface area contributed by atoms with Crippen LogP contribution < -0.4 is 5.32 Å². The van der Waals surface area contributed by atoms with E-state index < -0.39 is 0 Å². The predicted molar refractivity (Wildman–Crippen MR) is 64.6 cm³/mol. The van der Waals surface area contributed by atoms with Gasteiger partial charge in [-0.05, 0) is 37.8 Å². The first-order chi connectivity index (χ1) is 7.33. The van der Waals surface area contributed by atoms with Crippen molar-refractivity contribution in [2.75, 3.05) is 0 Å². The minimum absolute atomic E-state index is 0.560. The molecule has 1 N–H and O–H groups in total. The van der Waals surface area contributed by atoms with Gasteiger partial charge in [0, 0.05) is 25.0 Å². The topological polar surface area (TPSA) is 24.9 Å². The lowest BCUT2D eigenvalue weighted by molar-refractivity contribution is 0.500. The molecular formula is C13H20N2. The number of aromatic nitrogens is 1. The zero-order valence-corrected chi connectivity index (χ0v) is 9.45. The van der Waals surface area contributed by atoms with Gasteiger partial charge in [-0.15, -0.1) is 6.58 Å². The second-order valence-electron chi connectivity index (χ2n) is 3.86. The molecule has 0 amide bonds. The van der Waals surface area contributed by atoms with Gasteiger partial charge < -0.3 is 5.32 Å². The third-order valence-electron chi connectivity index (χ3n) is 2.42. The Kier molecular flexibility index (Phi) is 5.71. The van der Waals surface area contributed by atoms with Crippen molar-refractivity contribution < 1.29 is 0 Å². The first-order valence-corrected chi connectivity index (χ1v) is 5.56. The number of pyridine rings is 1. The Morgan fingerprint density at radius 1 is 1.60 bits per heavy atom. The maximum absolute atomic E-state index is 4.08. The highest BCUT2D eigenvalue weighted by molar-refractivity contribution is 5.07. The molecule has 0 saturated carbocycles. The molecule has 1 heterocycles. The van der Waals surface area contributed by atoms with Crippen LogP contribution in [0, 0.1) is 0 Å². The van der Waals surface area contributed by atoms with Gasteiger partial charge in [0.15, 0.2) is 0 Å². The Morgan fingerprint density at radius 3 is 3.13 bits per heavy atom. The molecule has 0 aliphatic rings. The van der Waals surface area contributed by atoms with Gasteiger partial charge >= 0.3 is 0 Å². The van der Waals surface area contributed by atoms with Gasteiger partial charge in [-0.1, -0.05) is 12.1 Å². The van der Waals surface area contributed by atoms with E-state index in [1.165, 1.54) is 18.4 Å². The zero-order chi connectivity index (χ0) is 10.9. The summed E-state index contributed by atoms with van der Waals surface area (Å²) in [6, 6.07) is 4.63. The molecule has 1 unspecified atom stereocenters. The molecule has 1 aromatic heterocycles. The van der Waals surface area contributed by atoms with Crippen LogP contribution in [0.3, 0.4) is 0 Å². The van der Waals surface area contributed by atoms with Crippen molar-refractivity contribution in [1.29, 1.82) is 0 Å². The first-order valence-electron chi connectivity index (χ1n) is 5.56. The van der Waals surface area contributed by atoms with Gasteiger partial charge in [-0.3, -0.25) is 4.98 Å². The van der Waals surface area contributed by atoms with E-state index in [9.17, 15) is 0 Å². The van der Waals surface area contributed by atoms with Crippen LogP contribution in [0.1, 0.15) is 31.7 Å². The van der Waals surface area contributed by atoms with Crippen LogP contribution in [0.5, 0.6) is 0 Å². The monoisotopic (exact) mass is 204 g/mol. The summed E-state index contributed by atoms with van der Waals surface area (Å²) in [7, 11) is 0. The van der Waals surface area contributed by atoms with Crippen LogP contribution in [0.25, 0.3) is 0 Å². The van der Waals surface area contributed by atoms with E-state index in [4.69, 9.17) is 0 Å². The molecule has 15 heavy (non-hydrogen) atoms. The molecule has 0 radical (unpaired) electrons. The quantitative estimate of drug-likeness (QED) is 0.545. The average molecular weight is 204 g/mol. The maximum atomic E-state index is 4.08. The highest BCUT2D eigenvalue weighted by Crippen LogP contribution is 2.02. The molecule has 1 atom stereocenters.